The van der Waals surface area contributed by atoms with Gasteiger partial charge in [-0.05, 0) is 35.0 Å². The third-order valence-corrected chi connectivity index (χ3v) is 4.03. The normalized spacial score (nSPS) is 11.1. The Kier molecular flexibility index (Phi) is 4.69. The summed E-state index contributed by atoms with van der Waals surface area (Å²) in [6.45, 7) is 0. The van der Waals surface area contributed by atoms with Crippen molar-refractivity contribution in [3.05, 3.63) is 75.8 Å². The Balaban J connectivity index is 1.84. The van der Waals surface area contributed by atoms with Crippen LogP contribution in [0.5, 0.6) is 5.75 Å². The summed E-state index contributed by atoms with van der Waals surface area (Å²) in [4.78, 5) is 12.1. The Morgan fingerprint density at radius 3 is 2.67 bits per heavy atom. The zero-order valence-electron chi connectivity index (χ0n) is 12.3. The molecule has 0 saturated carbocycles. The first-order valence-corrected chi connectivity index (χ1v) is 7.81. The van der Waals surface area contributed by atoms with Gasteiger partial charge in [0.1, 0.15) is 5.75 Å². The molecule has 0 saturated heterocycles. The number of carbonyl (C=O) groups is 1. The first-order valence-electron chi connectivity index (χ1n) is 7.05. The second-order valence-corrected chi connectivity index (χ2v) is 5.89. The molecule has 120 valence electrons. The van der Waals surface area contributed by atoms with Crippen molar-refractivity contribution in [3.63, 3.8) is 0 Å². The van der Waals surface area contributed by atoms with E-state index in [1.807, 2.05) is 30.3 Å². The van der Waals surface area contributed by atoms with Gasteiger partial charge in [-0.1, -0.05) is 53.5 Å². The number of hydrogen-bond acceptors (Lipinski definition) is 3. The van der Waals surface area contributed by atoms with E-state index < -0.39 is 5.91 Å². The van der Waals surface area contributed by atoms with E-state index in [2.05, 4.69) is 10.5 Å². The van der Waals surface area contributed by atoms with Gasteiger partial charge >= 0.3 is 0 Å². The van der Waals surface area contributed by atoms with Crippen LogP contribution in [0.25, 0.3) is 10.8 Å². The van der Waals surface area contributed by atoms with Crippen LogP contribution < -0.4 is 5.43 Å². The van der Waals surface area contributed by atoms with E-state index in [0.29, 0.717) is 10.6 Å². The number of halogens is 2. The number of fused-ring (bicyclic) bond motifs is 1. The molecule has 24 heavy (non-hydrogen) atoms. The van der Waals surface area contributed by atoms with Crippen LogP contribution in [0.3, 0.4) is 0 Å². The molecule has 2 N–H and O–H groups in total. The molecule has 0 heterocycles. The first-order chi connectivity index (χ1) is 11.6. The molecule has 0 aliphatic carbocycles. The van der Waals surface area contributed by atoms with Gasteiger partial charge in [-0.25, -0.2) is 5.43 Å². The van der Waals surface area contributed by atoms with Gasteiger partial charge in [-0.15, -0.1) is 0 Å². The maximum absolute atomic E-state index is 12.1. The van der Waals surface area contributed by atoms with Crippen molar-refractivity contribution in [2.45, 2.75) is 0 Å². The maximum Gasteiger partial charge on any atom is 0.272 e. The second-order valence-electron chi connectivity index (χ2n) is 5.04. The van der Waals surface area contributed by atoms with E-state index in [-0.39, 0.29) is 16.3 Å². The number of hydrogen-bond donors (Lipinski definition) is 2. The third-order valence-electron chi connectivity index (χ3n) is 3.48. The highest BCUT2D eigenvalue weighted by Gasteiger charge is 2.10. The summed E-state index contributed by atoms with van der Waals surface area (Å²) in [5.41, 5.74) is 3.18. The molecule has 0 bridgehead atoms. The SMILES string of the molecule is O=C(N/N=C/c1c(O)ccc2ccccc12)c1ccc(Cl)cc1Cl. The van der Waals surface area contributed by atoms with Crippen LogP contribution in [0.15, 0.2) is 59.7 Å². The number of benzene rings is 3. The lowest BCUT2D eigenvalue weighted by Crippen LogP contribution is -2.18. The number of rotatable bonds is 3. The molecular formula is C18H12Cl2N2O2. The van der Waals surface area contributed by atoms with Gasteiger partial charge in [0.2, 0.25) is 0 Å². The topological polar surface area (TPSA) is 61.7 Å². The van der Waals surface area contributed by atoms with Gasteiger partial charge in [0.05, 0.1) is 16.8 Å². The molecule has 3 aromatic rings. The van der Waals surface area contributed by atoms with Crippen LogP contribution in [0.4, 0.5) is 0 Å². The summed E-state index contributed by atoms with van der Waals surface area (Å²) >= 11 is 11.8. The summed E-state index contributed by atoms with van der Waals surface area (Å²) in [6, 6.07) is 15.5. The zero-order chi connectivity index (χ0) is 17.1. The predicted molar refractivity (Wildman–Crippen MR) is 97.1 cm³/mol. The van der Waals surface area contributed by atoms with Crippen LogP contribution in [-0.4, -0.2) is 17.2 Å². The number of hydrazone groups is 1. The lowest BCUT2D eigenvalue weighted by Gasteiger charge is -2.05. The fourth-order valence-corrected chi connectivity index (χ4v) is 2.80. The number of phenols is 1. The molecule has 6 heteroatoms. The number of nitrogens with zero attached hydrogens (tertiary/aromatic N) is 1. The minimum atomic E-state index is -0.465. The predicted octanol–water partition coefficient (Wildman–Crippen LogP) is 4.62. The monoisotopic (exact) mass is 358 g/mol. The average molecular weight is 359 g/mol. The zero-order valence-corrected chi connectivity index (χ0v) is 13.8. The highest BCUT2D eigenvalue weighted by atomic mass is 35.5. The number of phenolic OH excluding ortho intramolecular Hbond substituents is 1. The van der Waals surface area contributed by atoms with Crippen molar-refractivity contribution < 1.29 is 9.90 Å². The highest BCUT2D eigenvalue weighted by molar-refractivity contribution is 6.36. The van der Waals surface area contributed by atoms with Crippen LogP contribution in [-0.2, 0) is 0 Å². The molecular weight excluding hydrogens is 347 g/mol. The Morgan fingerprint density at radius 1 is 1.08 bits per heavy atom. The molecule has 0 fully saturated rings. The number of nitrogens with one attached hydrogen (secondary N) is 1. The number of carbonyl (C=O) groups excluding carboxylic acids is 1. The van der Waals surface area contributed by atoms with E-state index in [0.717, 1.165) is 10.8 Å². The van der Waals surface area contributed by atoms with E-state index in [9.17, 15) is 9.90 Å². The van der Waals surface area contributed by atoms with Gasteiger partial charge in [0.25, 0.3) is 5.91 Å². The van der Waals surface area contributed by atoms with Crippen LogP contribution in [0.2, 0.25) is 10.0 Å². The van der Waals surface area contributed by atoms with E-state index in [1.54, 1.807) is 12.1 Å². The molecule has 3 aromatic carbocycles. The molecule has 0 unspecified atom stereocenters. The van der Waals surface area contributed by atoms with Crippen LogP contribution in [0.1, 0.15) is 15.9 Å². The quantitative estimate of drug-likeness (QED) is 0.530. The molecule has 0 spiro atoms. The Morgan fingerprint density at radius 2 is 1.88 bits per heavy atom. The largest absolute Gasteiger partial charge is 0.507 e. The molecule has 0 radical (unpaired) electrons. The first kappa shape index (κ1) is 16.3. The minimum Gasteiger partial charge on any atom is -0.507 e. The van der Waals surface area contributed by atoms with E-state index >= 15 is 0 Å². The van der Waals surface area contributed by atoms with Crippen LogP contribution >= 0.6 is 23.2 Å². The lowest BCUT2D eigenvalue weighted by atomic mass is 10.0. The van der Waals surface area contributed by atoms with Crippen molar-refractivity contribution in [1.29, 1.82) is 0 Å². The standard InChI is InChI=1S/C18H12Cl2N2O2/c19-12-6-7-14(16(20)9-12)18(24)22-21-10-15-13-4-2-1-3-11(13)5-8-17(15)23/h1-10,23H,(H,22,24)/b21-10+. The molecule has 0 aliphatic rings. The summed E-state index contributed by atoms with van der Waals surface area (Å²) in [5.74, 6) is -0.385. The number of amides is 1. The summed E-state index contributed by atoms with van der Waals surface area (Å²) < 4.78 is 0. The van der Waals surface area contributed by atoms with Gasteiger partial charge in [0.15, 0.2) is 0 Å². The fraction of sp³-hybridized carbons (Fsp3) is 0. The summed E-state index contributed by atoms with van der Waals surface area (Å²) in [6.07, 6.45) is 1.40. The van der Waals surface area contributed by atoms with Gasteiger partial charge in [0, 0.05) is 10.6 Å². The molecule has 0 atom stereocenters. The summed E-state index contributed by atoms with van der Waals surface area (Å²) in [7, 11) is 0. The van der Waals surface area contributed by atoms with Gasteiger partial charge in [-0.3, -0.25) is 4.79 Å². The van der Waals surface area contributed by atoms with Crippen molar-refractivity contribution in [3.8, 4) is 5.75 Å². The Labute approximate surface area is 148 Å². The second kappa shape index (κ2) is 6.91. The average Bonchev–Trinajstić information content (AvgIpc) is 2.56. The molecule has 0 aromatic heterocycles. The van der Waals surface area contributed by atoms with Crippen molar-refractivity contribution >= 4 is 46.1 Å². The fourth-order valence-electron chi connectivity index (χ4n) is 2.31. The van der Waals surface area contributed by atoms with Crippen LogP contribution in [0, 0.1) is 0 Å². The Bertz CT molecular complexity index is 955. The van der Waals surface area contributed by atoms with Crippen molar-refractivity contribution in [2.75, 3.05) is 0 Å². The van der Waals surface area contributed by atoms with Crippen molar-refractivity contribution in [2.24, 2.45) is 5.10 Å². The van der Waals surface area contributed by atoms with E-state index in [4.69, 9.17) is 23.2 Å². The molecule has 4 nitrogen and oxygen atoms in total. The lowest BCUT2D eigenvalue weighted by molar-refractivity contribution is 0.0955. The van der Waals surface area contributed by atoms with E-state index in [1.165, 1.54) is 18.3 Å². The van der Waals surface area contributed by atoms with Crippen molar-refractivity contribution in [1.82, 2.24) is 5.43 Å². The molecule has 3 rings (SSSR count). The van der Waals surface area contributed by atoms with Gasteiger partial charge in [-0.2, -0.15) is 5.10 Å². The van der Waals surface area contributed by atoms with Gasteiger partial charge < -0.3 is 5.11 Å². The summed E-state index contributed by atoms with van der Waals surface area (Å²) in [5, 5.41) is 16.4. The number of aromatic hydroxyl groups is 1. The maximum atomic E-state index is 12.1. The Hall–Kier alpha value is -2.56. The smallest absolute Gasteiger partial charge is 0.272 e. The molecule has 0 aliphatic heterocycles. The third kappa shape index (κ3) is 3.35. The molecule has 1 amide bonds. The minimum absolute atomic E-state index is 0.0798. The highest BCUT2D eigenvalue weighted by Crippen LogP contribution is 2.25.